The predicted octanol–water partition coefficient (Wildman–Crippen LogP) is 3.14. The van der Waals surface area contributed by atoms with Gasteiger partial charge in [0.15, 0.2) is 11.5 Å². The molecular weight excluding hydrogens is 280 g/mol. The minimum Gasteiger partial charge on any atom is -0.493 e. The summed E-state index contributed by atoms with van der Waals surface area (Å²) < 4.78 is 18.6. The lowest BCUT2D eigenvalue weighted by Crippen LogP contribution is -2.24. The van der Waals surface area contributed by atoms with E-state index in [-0.39, 0.29) is 6.10 Å². The van der Waals surface area contributed by atoms with Crippen LogP contribution in [-0.2, 0) is 11.3 Å². The summed E-state index contributed by atoms with van der Waals surface area (Å²) >= 11 is 0. The molecule has 0 radical (unpaired) electrons. The van der Waals surface area contributed by atoms with Gasteiger partial charge in [0.2, 0.25) is 0 Å². The Morgan fingerprint density at radius 1 is 1.23 bits per heavy atom. The fourth-order valence-electron chi connectivity index (χ4n) is 2.86. The summed E-state index contributed by atoms with van der Waals surface area (Å²) in [5.74, 6) is 2.36. The Labute approximate surface area is 130 Å². The molecule has 0 bridgehead atoms. The van der Waals surface area contributed by atoms with Crippen molar-refractivity contribution in [3.63, 3.8) is 0 Å². The molecule has 118 valence electrons. The second-order valence-electron chi connectivity index (χ2n) is 5.46. The van der Waals surface area contributed by atoms with Gasteiger partial charge >= 0.3 is 0 Å². The molecule has 1 fully saturated rings. The van der Waals surface area contributed by atoms with E-state index in [2.05, 4.69) is 9.55 Å². The van der Waals surface area contributed by atoms with Crippen molar-refractivity contribution in [2.24, 2.45) is 0 Å². The van der Waals surface area contributed by atoms with Crippen LogP contribution in [0.4, 0.5) is 0 Å². The summed E-state index contributed by atoms with van der Waals surface area (Å²) in [6.45, 7) is 1.70. The maximum absolute atomic E-state index is 5.83. The highest BCUT2D eigenvalue weighted by molar-refractivity contribution is 5.61. The predicted molar refractivity (Wildman–Crippen MR) is 84.4 cm³/mol. The van der Waals surface area contributed by atoms with E-state index in [1.54, 1.807) is 14.2 Å². The quantitative estimate of drug-likeness (QED) is 0.851. The van der Waals surface area contributed by atoms with Crippen molar-refractivity contribution in [3.8, 4) is 22.9 Å². The van der Waals surface area contributed by atoms with Crippen LogP contribution in [-0.4, -0.2) is 36.5 Å². The van der Waals surface area contributed by atoms with E-state index in [1.807, 2.05) is 30.6 Å². The zero-order chi connectivity index (χ0) is 15.4. The maximum atomic E-state index is 5.83. The van der Waals surface area contributed by atoms with Gasteiger partial charge in [-0.25, -0.2) is 4.98 Å². The van der Waals surface area contributed by atoms with Gasteiger partial charge in [0.25, 0.3) is 0 Å². The van der Waals surface area contributed by atoms with Crippen LogP contribution in [0.2, 0.25) is 0 Å². The van der Waals surface area contributed by atoms with Gasteiger partial charge in [0.05, 0.1) is 26.9 Å². The number of methoxy groups -OCH3 is 2. The first-order valence-corrected chi connectivity index (χ1v) is 7.67. The Morgan fingerprint density at radius 3 is 2.82 bits per heavy atom. The molecule has 0 saturated carbocycles. The Morgan fingerprint density at radius 2 is 2.09 bits per heavy atom. The molecule has 2 heterocycles. The SMILES string of the molecule is COc1ccc(-c2nccn2C[C@@H]2CCCCO2)cc1OC. The van der Waals surface area contributed by atoms with Gasteiger partial charge in [0.1, 0.15) is 5.82 Å². The number of imidazole rings is 1. The highest BCUT2D eigenvalue weighted by Crippen LogP contribution is 2.32. The minimum atomic E-state index is 0.279. The third-order valence-corrected chi connectivity index (χ3v) is 4.03. The van der Waals surface area contributed by atoms with Gasteiger partial charge in [-0.05, 0) is 37.5 Å². The van der Waals surface area contributed by atoms with Crippen LogP contribution >= 0.6 is 0 Å². The average molecular weight is 302 g/mol. The van der Waals surface area contributed by atoms with Gasteiger partial charge in [-0.2, -0.15) is 0 Å². The molecule has 1 aromatic carbocycles. The molecule has 0 N–H and O–H groups in total. The molecule has 2 aromatic rings. The van der Waals surface area contributed by atoms with E-state index in [4.69, 9.17) is 14.2 Å². The Balaban J connectivity index is 1.84. The van der Waals surface area contributed by atoms with E-state index >= 15 is 0 Å². The molecule has 1 aromatic heterocycles. The summed E-state index contributed by atoms with van der Waals surface area (Å²) in [6.07, 6.45) is 7.64. The Kier molecular flexibility index (Phi) is 4.63. The van der Waals surface area contributed by atoms with Crippen molar-refractivity contribution in [1.29, 1.82) is 0 Å². The van der Waals surface area contributed by atoms with Crippen LogP contribution in [0.25, 0.3) is 11.4 Å². The van der Waals surface area contributed by atoms with E-state index in [0.29, 0.717) is 5.75 Å². The lowest BCUT2D eigenvalue weighted by atomic mass is 10.1. The Hall–Kier alpha value is -2.01. The first kappa shape index (κ1) is 14.9. The molecule has 1 aliphatic rings. The normalized spacial score (nSPS) is 18.2. The lowest BCUT2D eigenvalue weighted by Gasteiger charge is -2.23. The monoisotopic (exact) mass is 302 g/mol. The first-order chi connectivity index (χ1) is 10.8. The van der Waals surface area contributed by atoms with Crippen molar-refractivity contribution < 1.29 is 14.2 Å². The number of hydrogen-bond donors (Lipinski definition) is 0. The van der Waals surface area contributed by atoms with Crippen LogP contribution in [0.15, 0.2) is 30.6 Å². The van der Waals surface area contributed by atoms with Crippen molar-refractivity contribution in [2.75, 3.05) is 20.8 Å². The van der Waals surface area contributed by atoms with Crippen LogP contribution < -0.4 is 9.47 Å². The molecule has 1 aliphatic heterocycles. The fourth-order valence-corrected chi connectivity index (χ4v) is 2.86. The van der Waals surface area contributed by atoms with Gasteiger partial charge in [0, 0.05) is 24.6 Å². The van der Waals surface area contributed by atoms with Crippen LogP contribution in [0.3, 0.4) is 0 Å². The van der Waals surface area contributed by atoms with Crippen LogP contribution in [0.5, 0.6) is 11.5 Å². The molecule has 22 heavy (non-hydrogen) atoms. The summed E-state index contributed by atoms with van der Waals surface area (Å²) in [7, 11) is 3.28. The number of benzene rings is 1. The number of ether oxygens (including phenoxy) is 3. The van der Waals surface area contributed by atoms with Crippen molar-refractivity contribution >= 4 is 0 Å². The smallest absolute Gasteiger partial charge is 0.161 e. The summed E-state index contributed by atoms with van der Waals surface area (Å²) in [4.78, 5) is 4.49. The first-order valence-electron chi connectivity index (χ1n) is 7.67. The summed E-state index contributed by atoms with van der Waals surface area (Å²) in [5.41, 5.74) is 1.01. The van der Waals surface area contributed by atoms with E-state index in [9.17, 15) is 0 Å². The standard InChI is InChI=1S/C17H22N2O3/c1-20-15-7-6-13(11-16(15)21-2)17-18-8-9-19(17)12-14-5-3-4-10-22-14/h6-9,11,14H,3-5,10,12H2,1-2H3/t14-/m0/s1. The van der Waals surface area contributed by atoms with E-state index < -0.39 is 0 Å². The number of hydrogen-bond acceptors (Lipinski definition) is 4. The third-order valence-electron chi connectivity index (χ3n) is 4.03. The molecule has 1 saturated heterocycles. The zero-order valence-electron chi connectivity index (χ0n) is 13.1. The zero-order valence-corrected chi connectivity index (χ0v) is 13.1. The van der Waals surface area contributed by atoms with Crippen LogP contribution in [0.1, 0.15) is 19.3 Å². The van der Waals surface area contributed by atoms with Gasteiger partial charge in [-0.3, -0.25) is 0 Å². The molecule has 5 heteroatoms. The number of aromatic nitrogens is 2. The van der Waals surface area contributed by atoms with Crippen molar-refractivity contribution in [3.05, 3.63) is 30.6 Å². The molecule has 5 nitrogen and oxygen atoms in total. The molecular formula is C17H22N2O3. The lowest BCUT2D eigenvalue weighted by molar-refractivity contribution is 0.00624. The third kappa shape index (κ3) is 3.09. The molecule has 0 unspecified atom stereocenters. The summed E-state index contributed by atoms with van der Waals surface area (Å²) in [6, 6.07) is 5.87. The second-order valence-corrected chi connectivity index (χ2v) is 5.46. The van der Waals surface area contributed by atoms with Gasteiger partial charge < -0.3 is 18.8 Å². The van der Waals surface area contributed by atoms with Gasteiger partial charge in [-0.15, -0.1) is 0 Å². The molecule has 0 spiro atoms. The minimum absolute atomic E-state index is 0.279. The van der Waals surface area contributed by atoms with Crippen molar-refractivity contribution in [1.82, 2.24) is 9.55 Å². The van der Waals surface area contributed by atoms with Crippen LogP contribution in [0, 0.1) is 0 Å². The number of nitrogens with zero attached hydrogens (tertiary/aromatic N) is 2. The Bertz CT molecular complexity index is 618. The largest absolute Gasteiger partial charge is 0.493 e. The van der Waals surface area contributed by atoms with Gasteiger partial charge in [-0.1, -0.05) is 0 Å². The molecule has 3 rings (SSSR count). The van der Waals surface area contributed by atoms with E-state index in [0.717, 1.165) is 36.7 Å². The highest BCUT2D eigenvalue weighted by atomic mass is 16.5. The molecule has 0 aliphatic carbocycles. The summed E-state index contributed by atoms with van der Waals surface area (Å²) in [5, 5.41) is 0. The average Bonchev–Trinajstić information content (AvgIpc) is 3.03. The highest BCUT2D eigenvalue weighted by Gasteiger charge is 2.17. The fraction of sp³-hybridized carbons (Fsp3) is 0.471. The number of rotatable bonds is 5. The maximum Gasteiger partial charge on any atom is 0.161 e. The second kappa shape index (κ2) is 6.83. The van der Waals surface area contributed by atoms with Crippen molar-refractivity contribution in [2.45, 2.75) is 31.9 Å². The molecule has 0 amide bonds. The van der Waals surface area contributed by atoms with E-state index in [1.165, 1.54) is 12.8 Å². The molecule has 1 atom stereocenters. The topological polar surface area (TPSA) is 45.5 Å².